The van der Waals surface area contributed by atoms with E-state index in [-0.39, 0.29) is 49.6 Å². The first-order chi connectivity index (χ1) is 9.78. The first kappa shape index (κ1) is 24.3. The maximum absolute atomic E-state index is 12.4. The number of aromatic nitrogens is 2. The number of hydrogen-bond donors (Lipinski definition) is 2. The minimum Gasteiger partial charge on any atom is -0.348 e. The molecule has 1 aromatic heterocycles. The standard InChI is InChI=1S/C13H21F3N4O.2ClH/c1-3-12(4-2,8-17)11(21)19-7-10-18-5-6-20(10)9-13(14,15)16;;/h5-6H,3-4,7-9,17H2,1-2H3,(H,19,21);2*1H. The van der Waals surface area contributed by atoms with E-state index < -0.39 is 18.1 Å². The average Bonchev–Trinajstić information content (AvgIpc) is 2.84. The van der Waals surface area contributed by atoms with Gasteiger partial charge in [-0.15, -0.1) is 24.8 Å². The van der Waals surface area contributed by atoms with Gasteiger partial charge in [0.2, 0.25) is 5.91 Å². The van der Waals surface area contributed by atoms with Gasteiger partial charge in [-0.3, -0.25) is 4.79 Å². The molecule has 0 saturated heterocycles. The van der Waals surface area contributed by atoms with Crippen LogP contribution in [0, 0.1) is 5.41 Å². The molecule has 10 heteroatoms. The Hall–Kier alpha value is -0.990. The van der Waals surface area contributed by atoms with Crippen LogP contribution in [-0.4, -0.2) is 28.2 Å². The molecule has 1 amide bonds. The summed E-state index contributed by atoms with van der Waals surface area (Å²) >= 11 is 0. The number of halogens is 5. The van der Waals surface area contributed by atoms with Crippen LogP contribution >= 0.6 is 24.8 Å². The Morgan fingerprint density at radius 2 is 1.87 bits per heavy atom. The van der Waals surface area contributed by atoms with Crippen molar-refractivity contribution in [3.05, 3.63) is 18.2 Å². The molecule has 0 spiro atoms. The van der Waals surface area contributed by atoms with E-state index in [0.717, 1.165) is 4.57 Å². The van der Waals surface area contributed by atoms with Gasteiger partial charge in [-0.2, -0.15) is 13.2 Å². The van der Waals surface area contributed by atoms with Crippen LogP contribution in [0.4, 0.5) is 13.2 Å². The van der Waals surface area contributed by atoms with Crippen molar-refractivity contribution in [3.8, 4) is 0 Å². The average molecular weight is 379 g/mol. The molecule has 1 rings (SSSR count). The van der Waals surface area contributed by atoms with E-state index in [0.29, 0.717) is 12.8 Å². The van der Waals surface area contributed by atoms with Crippen LogP contribution in [-0.2, 0) is 17.9 Å². The zero-order valence-electron chi connectivity index (χ0n) is 13.0. The summed E-state index contributed by atoms with van der Waals surface area (Å²) in [5, 5.41) is 2.64. The van der Waals surface area contributed by atoms with Crippen molar-refractivity contribution < 1.29 is 18.0 Å². The van der Waals surface area contributed by atoms with E-state index in [1.165, 1.54) is 12.4 Å². The molecule has 5 nitrogen and oxygen atoms in total. The molecule has 0 aromatic carbocycles. The number of alkyl halides is 3. The Morgan fingerprint density at radius 1 is 1.30 bits per heavy atom. The Labute approximate surface area is 146 Å². The molecular weight excluding hydrogens is 356 g/mol. The summed E-state index contributed by atoms with van der Waals surface area (Å²) < 4.78 is 38.2. The third kappa shape index (κ3) is 6.56. The molecule has 0 bridgehead atoms. The normalized spacial score (nSPS) is 11.4. The smallest absolute Gasteiger partial charge is 0.348 e. The van der Waals surface area contributed by atoms with Gasteiger partial charge in [-0.1, -0.05) is 13.8 Å². The molecule has 0 saturated carbocycles. The van der Waals surface area contributed by atoms with Crippen LogP contribution in [0.25, 0.3) is 0 Å². The second kappa shape index (κ2) is 10.00. The van der Waals surface area contributed by atoms with Crippen molar-refractivity contribution in [2.45, 2.75) is 46.0 Å². The van der Waals surface area contributed by atoms with Gasteiger partial charge in [0.15, 0.2) is 0 Å². The molecule has 136 valence electrons. The number of imidazole rings is 1. The van der Waals surface area contributed by atoms with Crippen molar-refractivity contribution in [1.82, 2.24) is 14.9 Å². The van der Waals surface area contributed by atoms with Crippen molar-refractivity contribution in [2.24, 2.45) is 11.1 Å². The first-order valence-electron chi connectivity index (χ1n) is 6.83. The first-order valence-corrected chi connectivity index (χ1v) is 6.83. The molecule has 1 aromatic rings. The number of carbonyl (C=O) groups is 1. The maximum Gasteiger partial charge on any atom is 0.406 e. The van der Waals surface area contributed by atoms with E-state index in [4.69, 9.17) is 5.73 Å². The molecule has 23 heavy (non-hydrogen) atoms. The second-order valence-electron chi connectivity index (χ2n) is 4.96. The summed E-state index contributed by atoms with van der Waals surface area (Å²) in [5.41, 5.74) is 4.98. The molecule has 0 radical (unpaired) electrons. The number of nitrogens with zero attached hydrogens (tertiary/aromatic N) is 2. The SMILES string of the molecule is CCC(CC)(CN)C(=O)NCc1nccn1CC(F)(F)F.Cl.Cl. The molecule has 0 atom stereocenters. The van der Waals surface area contributed by atoms with E-state index >= 15 is 0 Å². The van der Waals surface area contributed by atoms with Gasteiger partial charge in [-0.25, -0.2) is 4.98 Å². The van der Waals surface area contributed by atoms with Gasteiger partial charge in [0, 0.05) is 18.9 Å². The molecule has 3 N–H and O–H groups in total. The van der Waals surface area contributed by atoms with Gasteiger partial charge in [0.25, 0.3) is 0 Å². The number of nitrogens with one attached hydrogen (secondary N) is 1. The Kier molecular flexibility index (Phi) is 10.5. The molecule has 0 aliphatic heterocycles. The zero-order valence-corrected chi connectivity index (χ0v) is 14.7. The largest absolute Gasteiger partial charge is 0.406 e. The molecule has 1 heterocycles. The summed E-state index contributed by atoms with van der Waals surface area (Å²) in [4.78, 5) is 16.0. The highest BCUT2D eigenvalue weighted by Gasteiger charge is 2.33. The zero-order chi connectivity index (χ0) is 16.1. The van der Waals surface area contributed by atoms with Crippen molar-refractivity contribution >= 4 is 30.7 Å². The fourth-order valence-electron chi connectivity index (χ4n) is 2.14. The van der Waals surface area contributed by atoms with Crippen LogP contribution < -0.4 is 11.1 Å². The number of hydrogen-bond acceptors (Lipinski definition) is 3. The number of rotatable bonds is 7. The lowest BCUT2D eigenvalue weighted by Gasteiger charge is -2.28. The summed E-state index contributed by atoms with van der Waals surface area (Å²) in [6.07, 6.45) is -0.660. The predicted molar refractivity (Wildman–Crippen MR) is 86.7 cm³/mol. The van der Waals surface area contributed by atoms with Crippen molar-refractivity contribution in [2.75, 3.05) is 6.54 Å². The monoisotopic (exact) mass is 378 g/mol. The lowest BCUT2D eigenvalue weighted by molar-refractivity contribution is -0.141. The van der Waals surface area contributed by atoms with Crippen molar-refractivity contribution in [3.63, 3.8) is 0 Å². The van der Waals surface area contributed by atoms with E-state index in [1.54, 1.807) is 0 Å². The number of carbonyl (C=O) groups excluding carboxylic acids is 1. The van der Waals surface area contributed by atoms with E-state index in [2.05, 4.69) is 10.3 Å². The Bertz CT molecular complexity index is 468. The minimum absolute atomic E-state index is 0. The summed E-state index contributed by atoms with van der Waals surface area (Å²) in [6, 6.07) is 0. The van der Waals surface area contributed by atoms with Crippen LogP contribution in [0.1, 0.15) is 32.5 Å². The third-order valence-corrected chi connectivity index (χ3v) is 3.78. The van der Waals surface area contributed by atoms with Crippen LogP contribution in [0.2, 0.25) is 0 Å². The van der Waals surface area contributed by atoms with E-state index in [9.17, 15) is 18.0 Å². The Morgan fingerprint density at radius 3 is 2.30 bits per heavy atom. The van der Waals surface area contributed by atoms with Gasteiger partial charge in [-0.05, 0) is 12.8 Å². The molecular formula is C13H23Cl2F3N4O. The highest BCUT2D eigenvalue weighted by molar-refractivity contribution is 5.85. The van der Waals surface area contributed by atoms with E-state index in [1.807, 2.05) is 13.8 Å². The molecule has 0 aliphatic rings. The van der Waals surface area contributed by atoms with Crippen molar-refractivity contribution in [1.29, 1.82) is 0 Å². The maximum atomic E-state index is 12.4. The van der Waals surface area contributed by atoms with Crippen LogP contribution in [0.3, 0.4) is 0 Å². The van der Waals surface area contributed by atoms with Gasteiger partial charge in [0.1, 0.15) is 12.4 Å². The minimum atomic E-state index is -4.33. The predicted octanol–water partition coefficient (Wildman–Crippen LogP) is 2.67. The lowest BCUT2D eigenvalue weighted by atomic mass is 9.81. The van der Waals surface area contributed by atoms with Crippen LogP contribution in [0.15, 0.2) is 12.4 Å². The summed E-state index contributed by atoms with van der Waals surface area (Å²) in [5.74, 6) is -0.0876. The summed E-state index contributed by atoms with van der Waals surface area (Å²) in [7, 11) is 0. The highest BCUT2D eigenvalue weighted by atomic mass is 35.5. The fourth-order valence-corrected chi connectivity index (χ4v) is 2.14. The quantitative estimate of drug-likeness (QED) is 0.765. The lowest BCUT2D eigenvalue weighted by Crippen LogP contribution is -2.45. The van der Waals surface area contributed by atoms with Gasteiger partial charge < -0.3 is 15.6 Å². The molecule has 0 unspecified atom stereocenters. The molecule has 0 aliphatic carbocycles. The third-order valence-electron chi connectivity index (χ3n) is 3.78. The summed E-state index contributed by atoms with van der Waals surface area (Å²) in [6.45, 7) is 2.75. The van der Waals surface area contributed by atoms with Gasteiger partial charge >= 0.3 is 6.18 Å². The number of nitrogens with two attached hydrogens (primary N) is 1. The number of amides is 1. The highest BCUT2D eigenvalue weighted by Crippen LogP contribution is 2.25. The topological polar surface area (TPSA) is 72.9 Å². The Balaban J connectivity index is 0. The van der Waals surface area contributed by atoms with Gasteiger partial charge in [0.05, 0.1) is 12.0 Å². The second-order valence-corrected chi connectivity index (χ2v) is 4.96. The van der Waals surface area contributed by atoms with Crippen LogP contribution in [0.5, 0.6) is 0 Å². The fraction of sp³-hybridized carbons (Fsp3) is 0.692. The molecule has 0 fully saturated rings.